The molecule has 1 fully saturated rings. The fraction of sp³-hybridized carbons (Fsp3) is 0.312. The van der Waals surface area contributed by atoms with Crippen LogP contribution in [0.5, 0.6) is 0 Å². The molecule has 3 nitrogen and oxygen atoms in total. The third-order valence-corrected chi connectivity index (χ3v) is 4.54. The standard InChI is InChI=1S/C16H17NO2S/c18-16(19-12-13-6-2-1-3-7-13)17-10-4-8-14(17)15-9-5-11-20-15/h1-3,5-7,9,11,14H,4,8,10,12H2/t14-/m1/s1. The molecule has 0 aliphatic carbocycles. The van der Waals surface area contributed by atoms with E-state index in [0.717, 1.165) is 24.9 Å². The van der Waals surface area contributed by atoms with Crippen LogP contribution in [0.3, 0.4) is 0 Å². The van der Waals surface area contributed by atoms with Gasteiger partial charge in [-0.25, -0.2) is 4.79 Å². The van der Waals surface area contributed by atoms with E-state index in [1.54, 1.807) is 11.3 Å². The lowest BCUT2D eigenvalue weighted by Gasteiger charge is -2.23. The predicted molar refractivity (Wildman–Crippen MR) is 79.6 cm³/mol. The first-order valence-corrected chi connectivity index (χ1v) is 7.73. The molecule has 0 saturated carbocycles. The number of thiophene rings is 1. The molecular weight excluding hydrogens is 270 g/mol. The lowest BCUT2D eigenvalue weighted by atomic mass is 10.2. The molecule has 104 valence electrons. The van der Waals surface area contributed by atoms with E-state index >= 15 is 0 Å². The third kappa shape index (κ3) is 2.85. The van der Waals surface area contributed by atoms with Gasteiger partial charge in [-0.05, 0) is 29.9 Å². The predicted octanol–water partition coefficient (Wildman–Crippen LogP) is 4.22. The number of benzene rings is 1. The van der Waals surface area contributed by atoms with Gasteiger partial charge in [0.15, 0.2) is 0 Å². The second kappa shape index (κ2) is 6.09. The van der Waals surface area contributed by atoms with E-state index in [2.05, 4.69) is 11.4 Å². The Balaban J connectivity index is 1.62. The molecule has 2 heterocycles. The topological polar surface area (TPSA) is 29.5 Å². The Morgan fingerprint density at radius 1 is 1.25 bits per heavy atom. The van der Waals surface area contributed by atoms with Crippen LogP contribution in [0.2, 0.25) is 0 Å². The second-order valence-corrected chi connectivity index (χ2v) is 5.89. The number of carbonyl (C=O) groups is 1. The molecule has 0 unspecified atom stereocenters. The molecular formula is C16H17NO2S. The van der Waals surface area contributed by atoms with Gasteiger partial charge in [-0.2, -0.15) is 0 Å². The first-order valence-electron chi connectivity index (χ1n) is 6.85. The molecule has 0 bridgehead atoms. The van der Waals surface area contributed by atoms with Gasteiger partial charge in [-0.3, -0.25) is 0 Å². The van der Waals surface area contributed by atoms with E-state index in [4.69, 9.17) is 4.74 Å². The summed E-state index contributed by atoms with van der Waals surface area (Å²) in [7, 11) is 0. The number of carbonyl (C=O) groups excluding carboxylic acids is 1. The van der Waals surface area contributed by atoms with Crippen LogP contribution in [0, 0.1) is 0 Å². The number of likely N-dealkylation sites (tertiary alicyclic amines) is 1. The molecule has 2 aromatic rings. The normalized spacial score (nSPS) is 18.2. The first kappa shape index (κ1) is 13.2. The van der Waals surface area contributed by atoms with E-state index in [-0.39, 0.29) is 12.1 Å². The van der Waals surface area contributed by atoms with Crippen molar-refractivity contribution in [1.82, 2.24) is 4.90 Å². The molecule has 1 amide bonds. The minimum atomic E-state index is -0.204. The number of hydrogen-bond acceptors (Lipinski definition) is 3. The van der Waals surface area contributed by atoms with Crippen molar-refractivity contribution in [3.63, 3.8) is 0 Å². The summed E-state index contributed by atoms with van der Waals surface area (Å²) in [4.78, 5) is 15.3. The van der Waals surface area contributed by atoms with Crippen LogP contribution < -0.4 is 0 Å². The zero-order valence-corrected chi connectivity index (χ0v) is 12.0. The number of ether oxygens (including phenoxy) is 1. The molecule has 0 N–H and O–H groups in total. The van der Waals surface area contributed by atoms with E-state index in [1.807, 2.05) is 41.3 Å². The number of rotatable bonds is 3. The van der Waals surface area contributed by atoms with Gasteiger partial charge in [-0.15, -0.1) is 11.3 Å². The number of hydrogen-bond donors (Lipinski definition) is 0. The highest BCUT2D eigenvalue weighted by atomic mass is 32.1. The first-order chi connectivity index (χ1) is 9.84. The summed E-state index contributed by atoms with van der Waals surface area (Å²) in [5.74, 6) is 0. The van der Waals surface area contributed by atoms with Gasteiger partial charge in [0, 0.05) is 11.4 Å². The van der Waals surface area contributed by atoms with E-state index in [0.29, 0.717) is 6.61 Å². The Morgan fingerprint density at radius 3 is 2.85 bits per heavy atom. The Hall–Kier alpha value is -1.81. The van der Waals surface area contributed by atoms with Gasteiger partial charge < -0.3 is 9.64 Å². The Labute approximate surface area is 122 Å². The highest BCUT2D eigenvalue weighted by Gasteiger charge is 2.31. The molecule has 0 radical (unpaired) electrons. The smallest absolute Gasteiger partial charge is 0.410 e. The summed E-state index contributed by atoms with van der Waals surface area (Å²) >= 11 is 1.71. The van der Waals surface area contributed by atoms with E-state index in [1.165, 1.54) is 4.88 Å². The van der Waals surface area contributed by atoms with Crippen LogP contribution in [0.1, 0.15) is 29.3 Å². The van der Waals surface area contributed by atoms with Gasteiger partial charge in [0.1, 0.15) is 6.61 Å². The SMILES string of the molecule is O=C(OCc1ccccc1)N1CCC[C@@H]1c1cccs1. The molecule has 0 spiro atoms. The van der Waals surface area contributed by atoms with Crippen LogP contribution in [0.15, 0.2) is 47.8 Å². The average Bonchev–Trinajstić information content (AvgIpc) is 3.15. The van der Waals surface area contributed by atoms with Crippen molar-refractivity contribution in [3.05, 3.63) is 58.3 Å². The average molecular weight is 287 g/mol. The third-order valence-electron chi connectivity index (χ3n) is 3.56. The van der Waals surface area contributed by atoms with E-state index in [9.17, 15) is 4.79 Å². The largest absolute Gasteiger partial charge is 0.445 e. The fourth-order valence-corrected chi connectivity index (χ4v) is 3.44. The van der Waals surface area contributed by atoms with Crippen molar-refractivity contribution in [1.29, 1.82) is 0 Å². The molecule has 1 atom stereocenters. The molecule has 1 aromatic heterocycles. The summed E-state index contributed by atoms with van der Waals surface area (Å²) in [5, 5.41) is 2.06. The molecule has 1 aliphatic rings. The van der Waals surface area contributed by atoms with Crippen LogP contribution >= 0.6 is 11.3 Å². The summed E-state index contributed by atoms with van der Waals surface area (Å²) < 4.78 is 5.43. The fourth-order valence-electron chi connectivity index (χ4n) is 2.56. The van der Waals surface area contributed by atoms with Crippen LogP contribution in [-0.4, -0.2) is 17.5 Å². The number of nitrogens with zero attached hydrogens (tertiary/aromatic N) is 1. The molecule has 1 aromatic carbocycles. The molecule has 1 aliphatic heterocycles. The Kier molecular flexibility index (Phi) is 4.02. The number of amides is 1. The Morgan fingerprint density at radius 2 is 2.10 bits per heavy atom. The molecule has 3 rings (SSSR count). The molecule has 4 heteroatoms. The van der Waals surface area contributed by atoms with Crippen molar-refractivity contribution < 1.29 is 9.53 Å². The minimum absolute atomic E-state index is 0.193. The van der Waals surface area contributed by atoms with Crippen LogP contribution in [0.4, 0.5) is 4.79 Å². The van der Waals surface area contributed by atoms with Crippen molar-refractivity contribution in [3.8, 4) is 0 Å². The van der Waals surface area contributed by atoms with Gasteiger partial charge >= 0.3 is 6.09 Å². The van der Waals surface area contributed by atoms with Crippen LogP contribution in [-0.2, 0) is 11.3 Å². The highest BCUT2D eigenvalue weighted by molar-refractivity contribution is 7.10. The maximum absolute atomic E-state index is 12.2. The molecule has 1 saturated heterocycles. The lowest BCUT2D eigenvalue weighted by Crippen LogP contribution is -2.30. The van der Waals surface area contributed by atoms with Crippen LogP contribution in [0.25, 0.3) is 0 Å². The monoisotopic (exact) mass is 287 g/mol. The summed E-state index contributed by atoms with van der Waals surface area (Å²) in [6, 6.07) is 14.1. The summed E-state index contributed by atoms with van der Waals surface area (Å²) in [6.07, 6.45) is 1.87. The van der Waals surface area contributed by atoms with Gasteiger partial charge in [-0.1, -0.05) is 36.4 Å². The van der Waals surface area contributed by atoms with Gasteiger partial charge in [0.05, 0.1) is 6.04 Å². The summed E-state index contributed by atoms with van der Waals surface area (Å²) in [5.41, 5.74) is 1.02. The van der Waals surface area contributed by atoms with Gasteiger partial charge in [0.2, 0.25) is 0 Å². The van der Waals surface area contributed by atoms with Gasteiger partial charge in [0.25, 0.3) is 0 Å². The van der Waals surface area contributed by atoms with Crippen molar-refractivity contribution >= 4 is 17.4 Å². The Bertz CT molecular complexity index is 553. The van der Waals surface area contributed by atoms with Crippen molar-refractivity contribution in [2.45, 2.75) is 25.5 Å². The van der Waals surface area contributed by atoms with E-state index < -0.39 is 0 Å². The maximum atomic E-state index is 12.2. The molecule has 20 heavy (non-hydrogen) atoms. The highest BCUT2D eigenvalue weighted by Crippen LogP contribution is 2.34. The van der Waals surface area contributed by atoms with Crippen molar-refractivity contribution in [2.24, 2.45) is 0 Å². The zero-order chi connectivity index (χ0) is 13.8. The minimum Gasteiger partial charge on any atom is -0.445 e. The summed E-state index contributed by atoms with van der Waals surface area (Å²) in [6.45, 7) is 1.13. The zero-order valence-electron chi connectivity index (χ0n) is 11.2. The maximum Gasteiger partial charge on any atom is 0.410 e. The van der Waals surface area contributed by atoms with Crippen molar-refractivity contribution in [2.75, 3.05) is 6.54 Å². The quantitative estimate of drug-likeness (QED) is 0.845. The second-order valence-electron chi connectivity index (χ2n) is 4.91. The lowest BCUT2D eigenvalue weighted by molar-refractivity contribution is 0.0925.